The third-order valence-corrected chi connectivity index (χ3v) is 2.48. The van der Waals surface area contributed by atoms with Gasteiger partial charge in [0.25, 0.3) is 0 Å². The van der Waals surface area contributed by atoms with Crippen LogP contribution in [-0.4, -0.2) is 27.6 Å². The molecular formula is C12H10ClN3O2. The number of benzene rings is 1. The van der Waals surface area contributed by atoms with Gasteiger partial charge in [-0.15, -0.1) is 0 Å². The van der Waals surface area contributed by atoms with Crippen molar-refractivity contribution in [2.45, 2.75) is 0 Å². The number of nitrogens with one attached hydrogen (secondary N) is 1. The van der Waals surface area contributed by atoms with Crippen LogP contribution in [0, 0.1) is 0 Å². The number of carboxylic acid groups (broad SMARTS) is 1. The first kappa shape index (κ1) is 12.3. The molecule has 0 bridgehead atoms. The highest BCUT2D eigenvalue weighted by molar-refractivity contribution is 6.30. The van der Waals surface area contributed by atoms with Crippen LogP contribution in [0.5, 0.6) is 0 Å². The average molecular weight is 264 g/mol. The number of aliphatic carboxylic acids is 1. The fourth-order valence-electron chi connectivity index (χ4n) is 1.37. The van der Waals surface area contributed by atoms with Crippen molar-refractivity contribution in [3.05, 3.63) is 41.7 Å². The van der Waals surface area contributed by atoms with Crippen LogP contribution < -0.4 is 5.32 Å². The molecule has 2 rings (SSSR count). The third kappa shape index (κ3) is 3.18. The highest BCUT2D eigenvalue weighted by atomic mass is 35.5. The van der Waals surface area contributed by atoms with Crippen molar-refractivity contribution >= 4 is 23.5 Å². The molecule has 1 aromatic carbocycles. The lowest BCUT2D eigenvalue weighted by Crippen LogP contribution is -2.14. The summed E-state index contributed by atoms with van der Waals surface area (Å²) in [6, 6.07) is 7.30. The van der Waals surface area contributed by atoms with Gasteiger partial charge in [-0.25, -0.2) is 9.97 Å². The Hall–Kier alpha value is -2.14. The molecule has 0 radical (unpaired) electrons. The number of carboxylic acids is 1. The number of nitrogens with zero attached hydrogens (tertiary/aromatic N) is 2. The molecule has 0 unspecified atom stereocenters. The third-order valence-electron chi connectivity index (χ3n) is 2.23. The summed E-state index contributed by atoms with van der Waals surface area (Å²) >= 11 is 5.80. The van der Waals surface area contributed by atoms with E-state index >= 15 is 0 Å². The molecule has 0 amide bonds. The maximum Gasteiger partial charge on any atom is 0.322 e. The summed E-state index contributed by atoms with van der Waals surface area (Å²) < 4.78 is 0. The van der Waals surface area contributed by atoms with Gasteiger partial charge in [-0.1, -0.05) is 23.7 Å². The molecule has 0 saturated heterocycles. The van der Waals surface area contributed by atoms with Crippen molar-refractivity contribution in [2.24, 2.45) is 0 Å². The van der Waals surface area contributed by atoms with Gasteiger partial charge < -0.3 is 10.4 Å². The maximum atomic E-state index is 10.4. The van der Waals surface area contributed by atoms with E-state index in [-0.39, 0.29) is 12.5 Å². The van der Waals surface area contributed by atoms with E-state index in [2.05, 4.69) is 15.3 Å². The van der Waals surface area contributed by atoms with Gasteiger partial charge in [-0.05, 0) is 17.7 Å². The predicted molar refractivity (Wildman–Crippen MR) is 68.6 cm³/mol. The lowest BCUT2D eigenvalue weighted by Gasteiger charge is -2.03. The van der Waals surface area contributed by atoms with Crippen molar-refractivity contribution in [3.63, 3.8) is 0 Å². The van der Waals surface area contributed by atoms with Crippen molar-refractivity contribution in [1.29, 1.82) is 0 Å². The Labute approximate surface area is 108 Å². The van der Waals surface area contributed by atoms with Gasteiger partial charge in [0, 0.05) is 23.0 Å². The summed E-state index contributed by atoms with van der Waals surface area (Å²) in [4.78, 5) is 18.4. The number of rotatable bonds is 4. The number of hydrogen-bond donors (Lipinski definition) is 2. The molecule has 1 heterocycles. The smallest absolute Gasteiger partial charge is 0.322 e. The van der Waals surface area contributed by atoms with Crippen molar-refractivity contribution in [1.82, 2.24) is 9.97 Å². The zero-order valence-electron chi connectivity index (χ0n) is 9.30. The maximum absolute atomic E-state index is 10.4. The summed E-state index contributed by atoms with van der Waals surface area (Å²) in [6.45, 7) is -0.208. The number of carbonyl (C=O) groups is 1. The number of halogens is 1. The molecule has 1 aromatic heterocycles. The Morgan fingerprint density at radius 2 is 1.78 bits per heavy atom. The monoisotopic (exact) mass is 263 g/mol. The van der Waals surface area contributed by atoms with E-state index in [1.54, 1.807) is 24.5 Å². The zero-order chi connectivity index (χ0) is 13.0. The quantitative estimate of drug-likeness (QED) is 0.885. The van der Waals surface area contributed by atoms with E-state index in [0.29, 0.717) is 5.02 Å². The Balaban J connectivity index is 2.12. The molecular weight excluding hydrogens is 254 g/mol. The van der Waals surface area contributed by atoms with Gasteiger partial charge in [0.1, 0.15) is 6.54 Å². The molecule has 0 atom stereocenters. The van der Waals surface area contributed by atoms with E-state index in [1.807, 2.05) is 12.1 Å². The second-order valence-electron chi connectivity index (χ2n) is 3.55. The van der Waals surface area contributed by atoms with Crippen LogP contribution in [0.4, 0.5) is 5.95 Å². The highest BCUT2D eigenvalue weighted by Gasteiger charge is 2.02. The molecule has 6 heteroatoms. The minimum atomic E-state index is -0.958. The fraction of sp³-hybridized carbons (Fsp3) is 0.0833. The minimum absolute atomic E-state index is 0.208. The molecule has 0 spiro atoms. The van der Waals surface area contributed by atoms with Crippen LogP contribution in [0.2, 0.25) is 5.02 Å². The second kappa shape index (κ2) is 5.46. The van der Waals surface area contributed by atoms with Gasteiger partial charge in [-0.2, -0.15) is 0 Å². The molecule has 5 nitrogen and oxygen atoms in total. The Kier molecular flexibility index (Phi) is 3.74. The van der Waals surface area contributed by atoms with Crippen molar-refractivity contribution < 1.29 is 9.90 Å². The summed E-state index contributed by atoms with van der Waals surface area (Å²) in [5.41, 5.74) is 1.79. The fourth-order valence-corrected chi connectivity index (χ4v) is 1.49. The van der Waals surface area contributed by atoms with Crippen LogP contribution in [0.3, 0.4) is 0 Å². The number of aromatic nitrogens is 2. The molecule has 0 aliphatic rings. The normalized spacial score (nSPS) is 10.1. The second-order valence-corrected chi connectivity index (χ2v) is 3.99. The van der Waals surface area contributed by atoms with Gasteiger partial charge in [0.15, 0.2) is 0 Å². The lowest BCUT2D eigenvalue weighted by atomic mass is 10.1. The Bertz CT molecular complexity index is 540. The molecule has 0 fully saturated rings. The Morgan fingerprint density at radius 3 is 2.33 bits per heavy atom. The predicted octanol–water partition coefficient (Wildman–Crippen LogP) is 2.29. The summed E-state index contributed by atoms with van der Waals surface area (Å²) in [5, 5.41) is 11.8. The summed E-state index contributed by atoms with van der Waals surface area (Å²) in [6.07, 6.45) is 3.25. The van der Waals surface area contributed by atoms with Gasteiger partial charge in [0.05, 0.1) is 0 Å². The van der Waals surface area contributed by atoms with Crippen LogP contribution in [0.25, 0.3) is 11.1 Å². The van der Waals surface area contributed by atoms with Crippen LogP contribution >= 0.6 is 11.6 Å². The molecule has 0 saturated carbocycles. The lowest BCUT2D eigenvalue weighted by molar-refractivity contribution is -0.134. The number of anilines is 1. The molecule has 92 valence electrons. The van der Waals surface area contributed by atoms with E-state index in [9.17, 15) is 4.79 Å². The topological polar surface area (TPSA) is 75.1 Å². The first-order chi connectivity index (χ1) is 8.65. The van der Waals surface area contributed by atoms with E-state index in [1.165, 1.54) is 0 Å². The van der Waals surface area contributed by atoms with E-state index in [4.69, 9.17) is 16.7 Å². The van der Waals surface area contributed by atoms with Crippen LogP contribution in [-0.2, 0) is 4.79 Å². The van der Waals surface area contributed by atoms with Crippen LogP contribution in [0.1, 0.15) is 0 Å². The van der Waals surface area contributed by atoms with Crippen molar-refractivity contribution in [2.75, 3.05) is 11.9 Å². The molecule has 2 aromatic rings. The summed E-state index contributed by atoms with van der Waals surface area (Å²) in [5.74, 6) is -0.671. The largest absolute Gasteiger partial charge is 0.480 e. The first-order valence-electron chi connectivity index (χ1n) is 5.19. The highest BCUT2D eigenvalue weighted by Crippen LogP contribution is 2.20. The minimum Gasteiger partial charge on any atom is -0.480 e. The SMILES string of the molecule is O=C(O)CNc1ncc(-c2ccc(Cl)cc2)cn1. The standard InChI is InChI=1S/C12H10ClN3O2/c13-10-3-1-8(2-4-10)9-5-14-12(15-6-9)16-7-11(17)18/h1-6H,7H2,(H,17,18)(H,14,15,16). The molecule has 18 heavy (non-hydrogen) atoms. The summed E-state index contributed by atoms with van der Waals surface area (Å²) in [7, 11) is 0. The average Bonchev–Trinajstić information content (AvgIpc) is 2.38. The van der Waals surface area contributed by atoms with Gasteiger partial charge in [0.2, 0.25) is 5.95 Å². The van der Waals surface area contributed by atoms with E-state index < -0.39 is 5.97 Å². The van der Waals surface area contributed by atoms with Crippen molar-refractivity contribution in [3.8, 4) is 11.1 Å². The van der Waals surface area contributed by atoms with Crippen LogP contribution in [0.15, 0.2) is 36.7 Å². The molecule has 0 aliphatic carbocycles. The zero-order valence-corrected chi connectivity index (χ0v) is 10.1. The molecule has 2 N–H and O–H groups in total. The number of hydrogen-bond acceptors (Lipinski definition) is 4. The first-order valence-corrected chi connectivity index (χ1v) is 5.56. The van der Waals surface area contributed by atoms with Gasteiger partial charge >= 0.3 is 5.97 Å². The Morgan fingerprint density at radius 1 is 1.17 bits per heavy atom. The van der Waals surface area contributed by atoms with E-state index in [0.717, 1.165) is 11.1 Å². The van der Waals surface area contributed by atoms with Gasteiger partial charge in [-0.3, -0.25) is 4.79 Å². The molecule has 0 aliphatic heterocycles.